The highest BCUT2D eigenvalue weighted by Gasteiger charge is 1.98. The van der Waals surface area contributed by atoms with E-state index >= 15 is 0 Å². The summed E-state index contributed by atoms with van der Waals surface area (Å²) in [4.78, 5) is 10.2. The van der Waals surface area contributed by atoms with Gasteiger partial charge in [0.1, 0.15) is 11.6 Å². The van der Waals surface area contributed by atoms with Crippen LogP contribution in [-0.4, -0.2) is 11.0 Å². The van der Waals surface area contributed by atoms with E-state index in [-0.39, 0.29) is 11.3 Å². The number of carbonyl (C=O) groups is 1. The second kappa shape index (κ2) is 3.59. The lowest BCUT2D eigenvalue weighted by molar-refractivity contribution is -0.112. The molecule has 0 aliphatic rings. The van der Waals surface area contributed by atoms with E-state index in [0.717, 1.165) is 18.2 Å². The quantitative estimate of drug-likeness (QED) is 0.565. The molecule has 0 saturated carbocycles. The molecule has 66 valence electrons. The molecule has 13 heavy (non-hydrogen) atoms. The second-order valence-corrected chi connectivity index (χ2v) is 2.28. The molecule has 0 atom stereocenters. The average molecular weight is 179 g/mol. The summed E-state index contributed by atoms with van der Waals surface area (Å²) in [7, 11) is 0. The Kier molecular flexibility index (Phi) is 2.50. The SMILES string of the molecule is NC(=O)C#Cc1cc(F)ccc1O. The summed E-state index contributed by atoms with van der Waals surface area (Å²) in [5, 5.41) is 9.13. The van der Waals surface area contributed by atoms with Gasteiger partial charge in [0, 0.05) is 5.92 Å². The number of nitrogens with two attached hydrogens (primary N) is 1. The van der Waals surface area contributed by atoms with Crippen molar-refractivity contribution in [3.8, 4) is 17.6 Å². The van der Waals surface area contributed by atoms with Crippen LogP contribution < -0.4 is 5.73 Å². The van der Waals surface area contributed by atoms with Crippen molar-refractivity contribution in [2.75, 3.05) is 0 Å². The van der Waals surface area contributed by atoms with Crippen LogP contribution in [0, 0.1) is 17.7 Å². The summed E-state index contributed by atoms with van der Waals surface area (Å²) >= 11 is 0. The van der Waals surface area contributed by atoms with E-state index < -0.39 is 11.7 Å². The minimum atomic E-state index is -0.830. The number of hydrogen-bond acceptors (Lipinski definition) is 2. The van der Waals surface area contributed by atoms with E-state index in [4.69, 9.17) is 10.8 Å². The number of hydrogen-bond donors (Lipinski definition) is 2. The van der Waals surface area contributed by atoms with E-state index in [1.165, 1.54) is 0 Å². The van der Waals surface area contributed by atoms with Gasteiger partial charge in [0.05, 0.1) is 5.56 Å². The van der Waals surface area contributed by atoms with Crippen LogP contribution >= 0.6 is 0 Å². The number of aromatic hydroxyl groups is 1. The van der Waals surface area contributed by atoms with Crippen molar-refractivity contribution in [1.82, 2.24) is 0 Å². The van der Waals surface area contributed by atoms with E-state index in [9.17, 15) is 9.18 Å². The summed E-state index contributed by atoms with van der Waals surface area (Å²) in [6.07, 6.45) is 0. The first-order chi connectivity index (χ1) is 6.09. The lowest BCUT2D eigenvalue weighted by Gasteiger charge is -1.94. The Hall–Kier alpha value is -2.02. The Balaban J connectivity index is 3.09. The van der Waals surface area contributed by atoms with E-state index in [1.807, 2.05) is 5.92 Å². The Morgan fingerprint density at radius 1 is 1.54 bits per heavy atom. The topological polar surface area (TPSA) is 63.3 Å². The summed E-state index contributed by atoms with van der Waals surface area (Å²) in [5.74, 6) is 2.68. The normalized spacial score (nSPS) is 8.69. The smallest absolute Gasteiger partial charge is 0.293 e. The molecule has 0 heterocycles. The summed E-state index contributed by atoms with van der Waals surface area (Å²) in [6, 6.07) is 3.26. The van der Waals surface area contributed by atoms with Gasteiger partial charge in [-0.2, -0.15) is 0 Å². The molecule has 1 amide bonds. The fraction of sp³-hybridized carbons (Fsp3) is 0. The van der Waals surface area contributed by atoms with Crippen LogP contribution in [0.3, 0.4) is 0 Å². The van der Waals surface area contributed by atoms with Gasteiger partial charge in [-0.25, -0.2) is 4.39 Å². The molecule has 0 aliphatic carbocycles. The predicted molar refractivity (Wildman–Crippen MR) is 44.1 cm³/mol. The first-order valence-corrected chi connectivity index (χ1v) is 3.39. The van der Waals surface area contributed by atoms with Crippen LogP contribution in [0.2, 0.25) is 0 Å². The van der Waals surface area contributed by atoms with Crippen molar-refractivity contribution in [3.05, 3.63) is 29.6 Å². The first kappa shape index (κ1) is 9.07. The van der Waals surface area contributed by atoms with Gasteiger partial charge in [0.15, 0.2) is 0 Å². The standard InChI is InChI=1S/C9H6FNO2/c10-7-2-3-8(12)6(5-7)1-4-9(11)13/h2-3,5,12H,(H2,11,13). The van der Waals surface area contributed by atoms with Crippen molar-refractivity contribution in [3.63, 3.8) is 0 Å². The number of amides is 1. The minimum absolute atomic E-state index is 0.0406. The number of halogens is 1. The summed E-state index contributed by atoms with van der Waals surface area (Å²) < 4.78 is 12.6. The lowest BCUT2D eigenvalue weighted by Crippen LogP contribution is -2.06. The molecule has 1 rings (SSSR count). The Morgan fingerprint density at radius 2 is 2.23 bits per heavy atom. The highest BCUT2D eigenvalue weighted by Crippen LogP contribution is 2.15. The Bertz CT molecular complexity index is 404. The molecule has 1 aromatic carbocycles. The second-order valence-electron chi connectivity index (χ2n) is 2.28. The maximum Gasteiger partial charge on any atom is 0.293 e. The van der Waals surface area contributed by atoms with Crippen LogP contribution in [0.25, 0.3) is 0 Å². The molecule has 0 radical (unpaired) electrons. The van der Waals surface area contributed by atoms with Crippen molar-refractivity contribution in [1.29, 1.82) is 0 Å². The van der Waals surface area contributed by atoms with Gasteiger partial charge >= 0.3 is 0 Å². The van der Waals surface area contributed by atoms with Gasteiger partial charge in [0.25, 0.3) is 5.91 Å². The molecule has 3 N–H and O–H groups in total. The predicted octanol–water partition coefficient (Wildman–Crippen LogP) is 0.368. The van der Waals surface area contributed by atoms with Crippen LogP contribution in [0.5, 0.6) is 5.75 Å². The first-order valence-electron chi connectivity index (χ1n) is 3.39. The largest absolute Gasteiger partial charge is 0.507 e. The molecular formula is C9H6FNO2. The van der Waals surface area contributed by atoms with Crippen LogP contribution in [-0.2, 0) is 4.79 Å². The molecule has 3 nitrogen and oxygen atoms in total. The van der Waals surface area contributed by atoms with Crippen molar-refractivity contribution in [2.45, 2.75) is 0 Å². The van der Waals surface area contributed by atoms with Gasteiger partial charge in [-0.05, 0) is 18.2 Å². The zero-order valence-corrected chi connectivity index (χ0v) is 6.54. The summed E-state index contributed by atoms with van der Waals surface area (Å²) in [5.41, 5.74) is 4.78. The fourth-order valence-electron chi connectivity index (χ4n) is 0.737. The molecule has 0 saturated heterocycles. The van der Waals surface area contributed by atoms with Gasteiger partial charge in [-0.3, -0.25) is 4.79 Å². The third-order valence-corrected chi connectivity index (χ3v) is 1.28. The zero-order valence-electron chi connectivity index (χ0n) is 6.54. The minimum Gasteiger partial charge on any atom is -0.507 e. The Labute approximate surface area is 74.0 Å². The third-order valence-electron chi connectivity index (χ3n) is 1.28. The molecule has 0 aliphatic heterocycles. The number of rotatable bonds is 0. The lowest BCUT2D eigenvalue weighted by atomic mass is 10.2. The molecule has 0 spiro atoms. The van der Waals surface area contributed by atoms with Gasteiger partial charge in [-0.1, -0.05) is 5.92 Å². The van der Waals surface area contributed by atoms with Crippen LogP contribution in [0.1, 0.15) is 5.56 Å². The van der Waals surface area contributed by atoms with Crippen molar-refractivity contribution >= 4 is 5.91 Å². The summed E-state index contributed by atoms with van der Waals surface area (Å²) in [6.45, 7) is 0. The third kappa shape index (κ3) is 2.49. The molecule has 0 unspecified atom stereocenters. The number of phenolic OH excluding ortho intramolecular Hbond substituents is 1. The highest BCUT2D eigenvalue weighted by molar-refractivity contribution is 5.92. The maximum absolute atomic E-state index is 12.6. The highest BCUT2D eigenvalue weighted by atomic mass is 19.1. The molecule has 0 fully saturated rings. The van der Waals surface area contributed by atoms with Crippen LogP contribution in [0.4, 0.5) is 4.39 Å². The molecule has 1 aromatic rings. The molecular weight excluding hydrogens is 173 g/mol. The fourth-order valence-corrected chi connectivity index (χ4v) is 0.737. The maximum atomic E-state index is 12.6. The average Bonchev–Trinajstić information content (AvgIpc) is 2.06. The molecule has 0 aromatic heterocycles. The number of phenols is 1. The van der Waals surface area contributed by atoms with Gasteiger partial charge < -0.3 is 10.8 Å². The van der Waals surface area contributed by atoms with E-state index in [0.29, 0.717) is 0 Å². The van der Waals surface area contributed by atoms with Gasteiger partial charge in [-0.15, -0.1) is 0 Å². The van der Waals surface area contributed by atoms with Crippen LogP contribution in [0.15, 0.2) is 18.2 Å². The van der Waals surface area contributed by atoms with E-state index in [1.54, 1.807) is 0 Å². The molecule has 0 bridgehead atoms. The molecule has 4 heteroatoms. The Morgan fingerprint density at radius 3 is 2.85 bits per heavy atom. The zero-order chi connectivity index (χ0) is 9.84. The monoisotopic (exact) mass is 179 g/mol. The van der Waals surface area contributed by atoms with Gasteiger partial charge in [0.2, 0.25) is 0 Å². The van der Waals surface area contributed by atoms with E-state index in [2.05, 4.69) is 5.92 Å². The van der Waals surface area contributed by atoms with Crippen molar-refractivity contribution < 1.29 is 14.3 Å². The number of benzene rings is 1. The van der Waals surface area contributed by atoms with Crippen molar-refractivity contribution in [2.24, 2.45) is 5.73 Å². The number of carbonyl (C=O) groups excluding carboxylic acids is 1. The number of primary amides is 1.